The number of aromatic nitrogens is 1. The first-order valence-electron chi connectivity index (χ1n) is 5.33. The van der Waals surface area contributed by atoms with Crippen molar-refractivity contribution in [2.45, 2.75) is 6.10 Å². The largest absolute Gasteiger partial charge is 0.491 e. The summed E-state index contributed by atoms with van der Waals surface area (Å²) in [5, 5.41) is 9.92. The Balaban J connectivity index is 1.99. The Morgan fingerprint density at radius 2 is 1.94 bits per heavy atom. The van der Waals surface area contributed by atoms with Crippen LogP contribution in [0.1, 0.15) is 11.7 Å². The molecule has 0 saturated carbocycles. The zero-order valence-electron chi connectivity index (χ0n) is 9.28. The number of aliphatic hydroxyl groups is 1. The second kappa shape index (κ2) is 5.32. The number of pyridine rings is 1. The molecular formula is C13H14N2O2. The number of para-hydroxylation sites is 1. The van der Waals surface area contributed by atoms with Gasteiger partial charge < -0.3 is 15.6 Å². The van der Waals surface area contributed by atoms with Crippen LogP contribution >= 0.6 is 0 Å². The summed E-state index contributed by atoms with van der Waals surface area (Å²) in [7, 11) is 0. The molecule has 2 rings (SSSR count). The van der Waals surface area contributed by atoms with Crippen LogP contribution in [0.4, 0.5) is 5.82 Å². The molecule has 17 heavy (non-hydrogen) atoms. The maximum atomic E-state index is 9.92. The zero-order valence-corrected chi connectivity index (χ0v) is 9.28. The Morgan fingerprint density at radius 1 is 1.18 bits per heavy atom. The summed E-state index contributed by atoms with van der Waals surface area (Å²) in [5.74, 6) is 1.05. The molecule has 0 saturated heterocycles. The lowest BCUT2D eigenvalue weighted by atomic mass is 10.1. The van der Waals surface area contributed by atoms with Crippen LogP contribution in [0, 0.1) is 0 Å². The number of rotatable bonds is 4. The smallest absolute Gasteiger partial charge is 0.129 e. The van der Waals surface area contributed by atoms with Crippen molar-refractivity contribution in [1.29, 1.82) is 0 Å². The van der Waals surface area contributed by atoms with Crippen molar-refractivity contribution >= 4 is 5.82 Å². The number of anilines is 1. The number of benzene rings is 1. The van der Waals surface area contributed by atoms with E-state index in [4.69, 9.17) is 10.5 Å². The average molecular weight is 230 g/mol. The first-order chi connectivity index (χ1) is 8.27. The topological polar surface area (TPSA) is 68.4 Å². The Bertz CT molecular complexity index is 474. The molecule has 0 spiro atoms. The molecule has 0 aliphatic heterocycles. The SMILES string of the molecule is Nc1ncccc1C(O)COc1ccccc1. The Kier molecular flexibility index (Phi) is 3.57. The average Bonchev–Trinajstić information content (AvgIpc) is 2.38. The quantitative estimate of drug-likeness (QED) is 0.840. The summed E-state index contributed by atoms with van der Waals surface area (Å²) in [4.78, 5) is 3.92. The van der Waals surface area contributed by atoms with Gasteiger partial charge in [0.25, 0.3) is 0 Å². The summed E-state index contributed by atoms with van der Waals surface area (Å²) >= 11 is 0. The van der Waals surface area contributed by atoms with Gasteiger partial charge >= 0.3 is 0 Å². The molecule has 4 heteroatoms. The Morgan fingerprint density at radius 3 is 2.65 bits per heavy atom. The maximum absolute atomic E-state index is 9.92. The minimum absolute atomic E-state index is 0.153. The van der Waals surface area contributed by atoms with E-state index in [0.717, 1.165) is 0 Å². The number of ether oxygens (including phenoxy) is 1. The fraction of sp³-hybridized carbons (Fsp3) is 0.154. The molecule has 1 atom stereocenters. The van der Waals surface area contributed by atoms with Crippen LogP contribution in [-0.2, 0) is 0 Å². The van der Waals surface area contributed by atoms with Gasteiger partial charge in [0.2, 0.25) is 0 Å². The van der Waals surface area contributed by atoms with Crippen molar-refractivity contribution in [2.24, 2.45) is 0 Å². The molecule has 1 heterocycles. The molecule has 1 unspecified atom stereocenters. The predicted molar refractivity (Wildman–Crippen MR) is 65.5 cm³/mol. The number of nitrogens with two attached hydrogens (primary N) is 1. The van der Waals surface area contributed by atoms with Gasteiger partial charge in [-0.15, -0.1) is 0 Å². The summed E-state index contributed by atoms with van der Waals surface area (Å²) in [6, 6.07) is 12.8. The lowest BCUT2D eigenvalue weighted by molar-refractivity contribution is 0.108. The van der Waals surface area contributed by atoms with E-state index in [1.54, 1.807) is 18.3 Å². The highest BCUT2D eigenvalue weighted by atomic mass is 16.5. The zero-order chi connectivity index (χ0) is 12.1. The van der Waals surface area contributed by atoms with Crippen molar-refractivity contribution in [3.63, 3.8) is 0 Å². The highest BCUT2D eigenvalue weighted by molar-refractivity contribution is 5.40. The number of hydrogen-bond acceptors (Lipinski definition) is 4. The summed E-state index contributed by atoms with van der Waals surface area (Å²) in [6.45, 7) is 0.153. The predicted octanol–water partition coefficient (Wildman–Crippen LogP) is 1.78. The second-order valence-corrected chi connectivity index (χ2v) is 3.62. The van der Waals surface area contributed by atoms with Crippen LogP contribution in [0.15, 0.2) is 48.7 Å². The van der Waals surface area contributed by atoms with E-state index in [2.05, 4.69) is 4.98 Å². The van der Waals surface area contributed by atoms with Crippen LogP contribution in [0.25, 0.3) is 0 Å². The summed E-state index contributed by atoms with van der Waals surface area (Å²) in [6.07, 6.45) is 0.813. The van der Waals surface area contributed by atoms with E-state index in [-0.39, 0.29) is 6.61 Å². The molecule has 2 aromatic rings. The van der Waals surface area contributed by atoms with E-state index in [1.807, 2.05) is 30.3 Å². The molecule has 0 aliphatic carbocycles. The number of nitrogens with zero attached hydrogens (tertiary/aromatic N) is 1. The molecule has 0 bridgehead atoms. The fourth-order valence-electron chi connectivity index (χ4n) is 1.49. The molecular weight excluding hydrogens is 216 g/mol. The van der Waals surface area contributed by atoms with Gasteiger partial charge in [0.15, 0.2) is 0 Å². The third-order valence-electron chi connectivity index (χ3n) is 2.38. The van der Waals surface area contributed by atoms with Crippen LogP contribution in [-0.4, -0.2) is 16.7 Å². The van der Waals surface area contributed by atoms with Gasteiger partial charge in [0.05, 0.1) is 0 Å². The van der Waals surface area contributed by atoms with Gasteiger partial charge in [0.1, 0.15) is 24.3 Å². The molecule has 0 radical (unpaired) electrons. The lowest BCUT2D eigenvalue weighted by Gasteiger charge is -2.13. The molecule has 4 nitrogen and oxygen atoms in total. The molecule has 1 aromatic carbocycles. The van der Waals surface area contributed by atoms with Crippen molar-refractivity contribution in [3.05, 3.63) is 54.2 Å². The summed E-state index contributed by atoms with van der Waals surface area (Å²) in [5.41, 5.74) is 6.25. The van der Waals surface area contributed by atoms with Crippen molar-refractivity contribution in [3.8, 4) is 5.75 Å². The van der Waals surface area contributed by atoms with Gasteiger partial charge in [-0.05, 0) is 18.2 Å². The van der Waals surface area contributed by atoms with Crippen LogP contribution < -0.4 is 10.5 Å². The van der Waals surface area contributed by atoms with Crippen LogP contribution in [0.5, 0.6) is 5.75 Å². The molecule has 1 aromatic heterocycles. The highest BCUT2D eigenvalue weighted by Crippen LogP contribution is 2.19. The first-order valence-corrected chi connectivity index (χ1v) is 5.33. The normalized spacial score (nSPS) is 12.1. The minimum atomic E-state index is -0.774. The fourth-order valence-corrected chi connectivity index (χ4v) is 1.49. The van der Waals surface area contributed by atoms with Gasteiger partial charge in [0, 0.05) is 11.8 Å². The van der Waals surface area contributed by atoms with Crippen molar-refractivity contribution in [2.75, 3.05) is 12.3 Å². The molecule has 3 N–H and O–H groups in total. The minimum Gasteiger partial charge on any atom is -0.491 e. The van der Waals surface area contributed by atoms with Crippen LogP contribution in [0.2, 0.25) is 0 Å². The number of aliphatic hydroxyl groups excluding tert-OH is 1. The van der Waals surface area contributed by atoms with E-state index in [0.29, 0.717) is 17.1 Å². The van der Waals surface area contributed by atoms with E-state index in [9.17, 15) is 5.11 Å². The maximum Gasteiger partial charge on any atom is 0.129 e. The number of nitrogen functional groups attached to an aromatic ring is 1. The summed E-state index contributed by atoms with van der Waals surface area (Å²) < 4.78 is 5.44. The lowest BCUT2D eigenvalue weighted by Crippen LogP contribution is -2.12. The van der Waals surface area contributed by atoms with Crippen molar-refractivity contribution < 1.29 is 9.84 Å². The monoisotopic (exact) mass is 230 g/mol. The van der Waals surface area contributed by atoms with Gasteiger partial charge in [-0.2, -0.15) is 0 Å². The number of hydrogen-bond donors (Lipinski definition) is 2. The molecule has 0 fully saturated rings. The third kappa shape index (κ3) is 2.95. The second-order valence-electron chi connectivity index (χ2n) is 3.62. The van der Waals surface area contributed by atoms with Gasteiger partial charge in [-0.1, -0.05) is 24.3 Å². The van der Waals surface area contributed by atoms with E-state index in [1.165, 1.54) is 0 Å². The molecule has 0 aliphatic rings. The Hall–Kier alpha value is -2.07. The van der Waals surface area contributed by atoms with Gasteiger partial charge in [-0.25, -0.2) is 4.98 Å². The van der Waals surface area contributed by atoms with E-state index < -0.39 is 6.10 Å². The van der Waals surface area contributed by atoms with Crippen molar-refractivity contribution in [1.82, 2.24) is 4.98 Å². The van der Waals surface area contributed by atoms with Crippen LogP contribution in [0.3, 0.4) is 0 Å². The molecule has 88 valence electrons. The highest BCUT2D eigenvalue weighted by Gasteiger charge is 2.11. The first kappa shape index (κ1) is 11.4. The third-order valence-corrected chi connectivity index (χ3v) is 2.38. The standard InChI is InChI=1S/C13H14N2O2/c14-13-11(7-4-8-15-13)12(16)9-17-10-5-2-1-3-6-10/h1-8,12,16H,9H2,(H2,14,15). The Labute approximate surface area is 99.7 Å². The van der Waals surface area contributed by atoms with Gasteiger partial charge in [-0.3, -0.25) is 0 Å². The van der Waals surface area contributed by atoms with E-state index >= 15 is 0 Å². The molecule has 0 amide bonds.